The Balaban J connectivity index is 0.00000261. The van der Waals surface area contributed by atoms with Gasteiger partial charge in [0.2, 0.25) is 0 Å². The highest BCUT2D eigenvalue weighted by Gasteiger charge is 2.33. The Morgan fingerprint density at radius 3 is 2.48 bits per heavy atom. The van der Waals surface area contributed by atoms with Crippen molar-refractivity contribution in [1.29, 1.82) is 0 Å². The van der Waals surface area contributed by atoms with E-state index in [2.05, 4.69) is 10.2 Å². The van der Waals surface area contributed by atoms with E-state index >= 15 is 0 Å². The van der Waals surface area contributed by atoms with Gasteiger partial charge in [-0.05, 0) is 30.2 Å². The maximum atomic E-state index is 13.0. The fourth-order valence-electron chi connectivity index (χ4n) is 3.70. The van der Waals surface area contributed by atoms with E-state index in [0.29, 0.717) is 12.4 Å². The van der Waals surface area contributed by atoms with Crippen LogP contribution >= 0.6 is 12.4 Å². The second kappa shape index (κ2) is 9.62. The first kappa shape index (κ1) is 21.8. The molecular weight excluding hydrogens is 377 g/mol. The molecule has 0 aliphatic carbocycles. The van der Waals surface area contributed by atoms with E-state index in [1.54, 1.807) is 0 Å². The molecule has 2 aromatic carbocycles. The summed E-state index contributed by atoms with van der Waals surface area (Å²) >= 11 is 0. The van der Waals surface area contributed by atoms with Gasteiger partial charge in [0.15, 0.2) is 0 Å². The summed E-state index contributed by atoms with van der Waals surface area (Å²) in [7, 11) is 0. The molecule has 0 spiro atoms. The Kier molecular flexibility index (Phi) is 7.77. The molecule has 2 aromatic rings. The van der Waals surface area contributed by atoms with Crippen LogP contribution in [-0.4, -0.2) is 43.9 Å². The lowest BCUT2D eigenvalue weighted by Crippen LogP contribution is -2.45. The molecule has 7 heteroatoms. The summed E-state index contributed by atoms with van der Waals surface area (Å²) in [5.74, 6) is 0.692. The molecule has 1 heterocycles. The number of benzene rings is 2. The van der Waals surface area contributed by atoms with Gasteiger partial charge in [-0.3, -0.25) is 4.90 Å². The Bertz CT molecular complexity index is 733. The van der Waals surface area contributed by atoms with Crippen LogP contribution < -0.4 is 10.1 Å². The molecule has 0 aromatic heterocycles. The lowest BCUT2D eigenvalue weighted by atomic mass is 9.93. The SMILES string of the molecule is CCOc1ccc2ccccc2c1[C@@H](CCC(F)(F)F)N1CCNCC1.Cl. The minimum absolute atomic E-state index is 0. The van der Waals surface area contributed by atoms with E-state index < -0.39 is 12.6 Å². The van der Waals surface area contributed by atoms with Crippen molar-refractivity contribution in [1.82, 2.24) is 10.2 Å². The number of nitrogens with one attached hydrogen (secondary N) is 1. The highest BCUT2D eigenvalue weighted by molar-refractivity contribution is 5.88. The van der Waals surface area contributed by atoms with Gasteiger partial charge < -0.3 is 10.1 Å². The normalized spacial score (nSPS) is 16.7. The molecule has 1 saturated heterocycles. The highest BCUT2D eigenvalue weighted by atomic mass is 35.5. The standard InChI is InChI=1S/C20H25F3N2O.ClH/c1-2-26-18-8-7-15-5-3-4-6-16(15)19(18)17(9-10-20(21,22)23)25-13-11-24-12-14-25;/h3-8,17,24H,2,9-14H2,1H3;1H/t17-;/m1./s1. The first-order chi connectivity index (χ1) is 12.5. The number of piperazine rings is 1. The van der Waals surface area contributed by atoms with Gasteiger partial charge in [0.05, 0.1) is 6.61 Å². The lowest BCUT2D eigenvalue weighted by Gasteiger charge is -2.36. The molecule has 1 N–H and O–H groups in total. The van der Waals surface area contributed by atoms with E-state index in [9.17, 15) is 13.2 Å². The summed E-state index contributed by atoms with van der Waals surface area (Å²) in [6, 6.07) is 11.4. The summed E-state index contributed by atoms with van der Waals surface area (Å²) in [5.41, 5.74) is 0.885. The average molecular weight is 403 g/mol. The molecule has 1 atom stereocenters. The molecule has 27 heavy (non-hydrogen) atoms. The van der Waals surface area contributed by atoms with Gasteiger partial charge in [-0.15, -0.1) is 12.4 Å². The zero-order valence-corrected chi connectivity index (χ0v) is 16.2. The van der Waals surface area contributed by atoms with E-state index in [-0.39, 0.29) is 24.9 Å². The summed E-state index contributed by atoms with van der Waals surface area (Å²) in [4.78, 5) is 2.16. The van der Waals surface area contributed by atoms with Crippen molar-refractivity contribution >= 4 is 23.2 Å². The third-order valence-corrected chi connectivity index (χ3v) is 4.86. The van der Waals surface area contributed by atoms with Gasteiger partial charge in [-0.25, -0.2) is 0 Å². The predicted octanol–water partition coefficient (Wildman–Crippen LogP) is 4.95. The van der Waals surface area contributed by atoms with Gasteiger partial charge >= 0.3 is 6.18 Å². The van der Waals surface area contributed by atoms with Crippen LogP contribution in [0.2, 0.25) is 0 Å². The Hall–Kier alpha value is -1.50. The maximum Gasteiger partial charge on any atom is 0.389 e. The van der Waals surface area contributed by atoms with E-state index in [0.717, 1.165) is 42.5 Å². The van der Waals surface area contributed by atoms with Crippen molar-refractivity contribution in [3.63, 3.8) is 0 Å². The molecule has 0 saturated carbocycles. The van der Waals surface area contributed by atoms with Crippen LogP contribution in [0.15, 0.2) is 36.4 Å². The molecule has 0 unspecified atom stereocenters. The smallest absolute Gasteiger partial charge is 0.389 e. The molecule has 150 valence electrons. The highest BCUT2D eigenvalue weighted by Crippen LogP contribution is 2.40. The van der Waals surface area contributed by atoms with Gasteiger partial charge in [0.25, 0.3) is 0 Å². The van der Waals surface area contributed by atoms with E-state index in [4.69, 9.17) is 4.74 Å². The van der Waals surface area contributed by atoms with Crippen LogP contribution in [0.5, 0.6) is 5.75 Å². The topological polar surface area (TPSA) is 24.5 Å². The lowest BCUT2D eigenvalue weighted by molar-refractivity contribution is -0.138. The molecular formula is C20H26ClF3N2O. The molecule has 0 bridgehead atoms. The fourth-order valence-corrected chi connectivity index (χ4v) is 3.70. The first-order valence-electron chi connectivity index (χ1n) is 9.15. The molecule has 0 radical (unpaired) electrons. The van der Waals surface area contributed by atoms with Crippen molar-refractivity contribution < 1.29 is 17.9 Å². The average Bonchev–Trinajstić information content (AvgIpc) is 2.63. The monoisotopic (exact) mass is 402 g/mol. The number of halogens is 4. The van der Waals surface area contributed by atoms with Crippen LogP contribution in [0.4, 0.5) is 13.2 Å². The van der Waals surface area contributed by atoms with Crippen LogP contribution in [0.25, 0.3) is 10.8 Å². The minimum Gasteiger partial charge on any atom is -0.494 e. The Labute approximate surface area is 164 Å². The fraction of sp³-hybridized carbons (Fsp3) is 0.500. The van der Waals surface area contributed by atoms with Gasteiger partial charge in [0, 0.05) is 44.2 Å². The summed E-state index contributed by atoms with van der Waals surface area (Å²) in [5, 5.41) is 5.28. The number of hydrogen-bond acceptors (Lipinski definition) is 3. The van der Waals surface area contributed by atoms with Crippen LogP contribution in [0.3, 0.4) is 0 Å². The van der Waals surface area contributed by atoms with Gasteiger partial charge in [0.1, 0.15) is 5.75 Å². The minimum atomic E-state index is -4.16. The second-order valence-corrected chi connectivity index (χ2v) is 6.59. The number of ether oxygens (including phenoxy) is 1. The Morgan fingerprint density at radius 1 is 1.11 bits per heavy atom. The van der Waals surface area contributed by atoms with Gasteiger partial charge in [-0.1, -0.05) is 30.3 Å². The van der Waals surface area contributed by atoms with Crippen LogP contribution in [-0.2, 0) is 0 Å². The molecule has 3 rings (SSSR count). The summed E-state index contributed by atoms with van der Waals surface area (Å²) < 4.78 is 44.8. The van der Waals surface area contributed by atoms with Crippen molar-refractivity contribution in [2.45, 2.75) is 32.0 Å². The van der Waals surface area contributed by atoms with Crippen LogP contribution in [0, 0.1) is 0 Å². The van der Waals surface area contributed by atoms with Crippen molar-refractivity contribution in [3.8, 4) is 5.75 Å². The Morgan fingerprint density at radius 2 is 1.81 bits per heavy atom. The largest absolute Gasteiger partial charge is 0.494 e. The summed E-state index contributed by atoms with van der Waals surface area (Å²) in [6.45, 7) is 5.43. The van der Waals surface area contributed by atoms with Crippen molar-refractivity contribution in [2.24, 2.45) is 0 Å². The molecule has 1 aliphatic heterocycles. The molecule has 1 fully saturated rings. The third-order valence-electron chi connectivity index (χ3n) is 4.86. The number of rotatable bonds is 6. The van der Waals surface area contributed by atoms with Crippen LogP contribution in [0.1, 0.15) is 31.4 Å². The first-order valence-corrected chi connectivity index (χ1v) is 9.15. The maximum absolute atomic E-state index is 13.0. The van der Waals surface area contributed by atoms with Crippen molar-refractivity contribution in [2.75, 3.05) is 32.8 Å². The third kappa shape index (κ3) is 5.50. The number of hydrogen-bond donors (Lipinski definition) is 1. The zero-order chi connectivity index (χ0) is 18.6. The van der Waals surface area contributed by atoms with E-state index in [1.165, 1.54) is 0 Å². The second-order valence-electron chi connectivity index (χ2n) is 6.59. The van der Waals surface area contributed by atoms with Crippen molar-refractivity contribution in [3.05, 3.63) is 42.0 Å². The summed E-state index contributed by atoms with van der Waals surface area (Å²) in [6.07, 6.45) is -4.92. The number of alkyl halides is 3. The zero-order valence-electron chi connectivity index (χ0n) is 15.4. The number of fused-ring (bicyclic) bond motifs is 1. The van der Waals surface area contributed by atoms with E-state index in [1.807, 2.05) is 43.3 Å². The molecule has 0 amide bonds. The predicted molar refractivity (Wildman–Crippen MR) is 105 cm³/mol. The quantitative estimate of drug-likeness (QED) is 0.740. The molecule has 1 aliphatic rings. The molecule has 3 nitrogen and oxygen atoms in total. The number of nitrogens with zero attached hydrogens (tertiary/aromatic N) is 1. The van der Waals surface area contributed by atoms with Gasteiger partial charge in [-0.2, -0.15) is 13.2 Å².